The number of pyridine rings is 1. The Morgan fingerprint density at radius 3 is 2.90 bits per heavy atom. The molecule has 3 aromatic heterocycles. The summed E-state index contributed by atoms with van der Waals surface area (Å²) >= 11 is 0. The first-order valence-electron chi connectivity index (χ1n) is 9.46. The third kappa shape index (κ3) is 3.38. The molecule has 1 aliphatic heterocycles. The lowest BCUT2D eigenvalue weighted by Gasteiger charge is -2.35. The Hall–Kier alpha value is -3.52. The molecule has 2 atom stereocenters. The van der Waals surface area contributed by atoms with E-state index in [-0.39, 0.29) is 18.6 Å². The molecule has 0 bridgehead atoms. The molecule has 0 aliphatic carbocycles. The van der Waals surface area contributed by atoms with Gasteiger partial charge in [0.15, 0.2) is 11.3 Å². The summed E-state index contributed by atoms with van der Waals surface area (Å²) < 4.78 is 7.56. The van der Waals surface area contributed by atoms with Gasteiger partial charge in [-0.15, -0.1) is 0 Å². The molecule has 5 rings (SSSR count). The number of benzene rings is 1. The van der Waals surface area contributed by atoms with E-state index < -0.39 is 6.10 Å². The highest BCUT2D eigenvalue weighted by Crippen LogP contribution is 2.24. The van der Waals surface area contributed by atoms with E-state index in [0.29, 0.717) is 30.1 Å². The van der Waals surface area contributed by atoms with Crippen molar-refractivity contribution in [3.63, 3.8) is 0 Å². The van der Waals surface area contributed by atoms with Crippen molar-refractivity contribution in [3.8, 4) is 5.75 Å². The van der Waals surface area contributed by atoms with Crippen molar-refractivity contribution in [2.75, 3.05) is 13.1 Å². The van der Waals surface area contributed by atoms with E-state index in [2.05, 4.69) is 15.1 Å². The van der Waals surface area contributed by atoms with E-state index in [4.69, 9.17) is 4.74 Å². The third-order valence-corrected chi connectivity index (χ3v) is 5.13. The molecule has 146 valence electrons. The highest BCUT2D eigenvalue weighted by Gasteiger charge is 2.33. The number of ether oxygens (including phenoxy) is 1. The van der Waals surface area contributed by atoms with Gasteiger partial charge in [-0.05, 0) is 24.3 Å². The van der Waals surface area contributed by atoms with Crippen LogP contribution in [0.1, 0.15) is 16.9 Å². The molecular formula is C21H19N5O3. The maximum absolute atomic E-state index is 12.8. The second kappa shape index (κ2) is 7.14. The fourth-order valence-corrected chi connectivity index (χ4v) is 3.62. The summed E-state index contributed by atoms with van der Waals surface area (Å²) in [4.78, 5) is 22.9. The number of aliphatic hydroxyl groups excluding tert-OH is 1. The number of likely N-dealkylation sites (tertiary alicyclic amines) is 1. The lowest BCUT2D eigenvalue weighted by Crippen LogP contribution is -2.51. The topological polar surface area (TPSA) is 92.9 Å². The molecule has 1 amide bonds. The number of fused-ring (bicyclic) bond motifs is 2. The lowest BCUT2D eigenvalue weighted by molar-refractivity contribution is -0.0200. The molecule has 29 heavy (non-hydrogen) atoms. The first kappa shape index (κ1) is 17.6. The van der Waals surface area contributed by atoms with Crippen molar-refractivity contribution in [2.24, 2.45) is 0 Å². The number of carbonyl (C=O) groups is 1. The van der Waals surface area contributed by atoms with Crippen LogP contribution in [0.2, 0.25) is 0 Å². The molecular weight excluding hydrogens is 370 g/mol. The van der Waals surface area contributed by atoms with Crippen molar-refractivity contribution in [3.05, 3.63) is 66.7 Å². The Morgan fingerprint density at radius 2 is 2.03 bits per heavy atom. The van der Waals surface area contributed by atoms with Crippen LogP contribution in [0.15, 0.2) is 61.1 Å². The summed E-state index contributed by atoms with van der Waals surface area (Å²) in [6, 6.07) is 13.0. The molecule has 1 N–H and O–H groups in total. The summed E-state index contributed by atoms with van der Waals surface area (Å²) in [6.07, 6.45) is 4.48. The van der Waals surface area contributed by atoms with Gasteiger partial charge in [-0.3, -0.25) is 9.78 Å². The number of β-amino-alcohol motifs (C(OH)–C–C–N with tert-alkyl or cyclic N) is 1. The first-order valence-corrected chi connectivity index (χ1v) is 9.46. The maximum atomic E-state index is 12.8. The summed E-state index contributed by atoms with van der Waals surface area (Å²) in [7, 11) is 0. The van der Waals surface area contributed by atoms with E-state index in [1.54, 1.807) is 40.1 Å². The molecule has 0 saturated carbocycles. The zero-order chi connectivity index (χ0) is 19.8. The number of nitrogens with zero attached hydrogens (tertiary/aromatic N) is 5. The Kier molecular flexibility index (Phi) is 4.33. The molecule has 4 heterocycles. The standard InChI is InChI=1S/C21H19N5O3/c27-18-13-25(21(28)17-12-20-23-8-2-9-26(20)24-17)10-6-19(18)29-15-5-4-14-3-1-7-22-16(14)11-15/h1-5,7-9,11-12,18-19,27H,6,10,13H2/t18-,19-/m1/s1. The molecule has 0 radical (unpaired) electrons. The first-order chi connectivity index (χ1) is 14.2. The normalized spacial score (nSPS) is 19.6. The minimum absolute atomic E-state index is 0.191. The number of aromatic nitrogens is 4. The second-order valence-electron chi connectivity index (χ2n) is 7.07. The predicted octanol–water partition coefficient (Wildman–Crippen LogP) is 1.93. The van der Waals surface area contributed by atoms with Crippen LogP contribution in [0, 0.1) is 0 Å². The number of amides is 1. The zero-order valence-electron chi connectivity index (χ0n) is 15.5. The molecule has 1 aromatic carbocycles. The van der Waals surface area contributed by atoms with Crippen LogP contribution in [-0.2, 0) is 0 Å². The zero-order valence-corrected chi connectivity index (χ0v) is 15.5. The van der Waals surface area contributed by atoms with Gasteiger partial charge in [0.25, 0.3) is 5.91 Å². The smallest absolute Gasteiger partial charge is 0.274 e. The average Bonchev–Trinajstić information content (AvgIpc) is 3.19. The SMILES string of the molecule is O=C(c1cc2ncccn2n1)N1CC[C@@H](Oc2ccc3cccnc3c2)[C@H](O)C1. The molecule has 0 spiro atoms. The summed E-state index contributed by atoms with van der Waals surface area (Å²) in [6.45, 7) is 0.671. The predicted molar refractivity (Wildman–Crippen MR) is 106 cm³/mol. The Balaban J connectivity index is 1.27. The Bertz CT molecular complexity index is 1160. The Labute approximate surface area is 166 Å². The van der Waals surface area contributed by atoms with Gasteiger partial charge in [0.2, 0.25) is 0 Å². The number of hydrogen-bond acceptors (Lipinski definition) is 6. The highest BCUT2D eigenvalue weighted by molar-refractivity contribution is 5.93. The molecule has 1 aliphatic rings. The van der Waals surface area contributed by atoms with Gasteiger partial charge in [-0.2, -0.15) is 5.10 Å². The lowest BCUT2D eigenvalue weighted by atomic mass is 10.0. The van der Waals surface area contributed by atoms with Crippen molar-refractivity contribution in [1.82, 2.24) is 24.5 Å². The monoisotopic (exact) mass is 389 g/mol. The van der Waals surface area contributed by atoms with Gasteiger partial charge in [0, 0.05) is 49.1 Å². The minimum Gasteiger partial charge on any atom is -0.488 e. The van der Waals surface area contributed by atoms with Gasteiger partial charge < -0.3 is 14.7 Å². The van der Waals surface area contributed by atoms with Gasteiger partial charge in [0.05, 0.1) is 12.1 Å². The second-order valence-corrected chi connectivity index (χ2v) is 7.07. The van der Waals surface area contributed by atoms with Crippen molar-refractivity contribution < 1.29 is 14.6 Å². The Morgan fingerprint density at radius 1 is 1.14 bits per heavy atom. The molecule has 8 nitrogen and oxygen atoms in total. The number of hydrogen-bond donors (Lipinski definition) is 1. The third-order valence-electron chi connectivity index (χ3n) is 5.13. The summed E-state index contributed by atoms with van der Waals surface area (Å²) in [5.41, 5.74) is 1.77. The molecule has 0 unspecified atom stereocenters. The van der Waals surface area contributed by atoms with Crippen molar-refractivity contribution in [1.29, 1.82) is 0 Å². The summed E-state index contributed by atoms with van der Waals surface area (Å²) in [5, 5.41) is 15.9. The van der Waals surface area contributed by atoms with E-state index in [1.807, 2.05) is 30.3 Å². The number of rotatable bonds is 3. The van der Waals surface area contributed by atoms with Gasteiger partial charge in [0.1, 0.15) is 18.0 Å². The van der Waals surface area contributed by atoms with E-state index >= 15 is 0 Å². The van der Waals surface area contributed by atoms with E-state index in [9.17, 15) is 9.90 Å². The van der Waals surface area contributed by atoms with Crippen molar-refractivity contribution >= 4 is 22.5 Å². The van der Waals surface area contributed by atoms with Gasteiger partial charge in [-0.25, -0.2) is 9.50 Å². The van der Waals surface area contributed by atoms with Gasteiger partial charge >= 0.3 is 0 Å². The van der Waals surface area contributed by atoms with E-state index in [1.165, 1.54) is 0 Å². The van der Waals surface area contributed by atoms with Gasteiger partial charge in [-0.1, -0.05) is 6.07 Å². The number of piperidine rings is 1. The van der Waals surface area contributed by atoms with Crippen LogP contribution in [0.5, 0.6) is 5.75 Å². The molecule has 1 saturated heterocycles. The van der Waals surface area contributed by atoms with Crippen LogP contribution in [0.4, 0.5) is 0 Å². The highest BCUT2D eigenvalue weighted by atomic mass is 16.5. The quantitative estimate of drug-likeness (QED) is 0.576. The minimum atomic E-state index is -0.790. The number of aliphatic hydroxyl groups is 1. The molecule has 1 fully saturated rings. The fraction of sp³-hybridized carbons (Fsp3) is 0.238. The molecule has 4 aromatic rings. The van der Waals surface area contributed by atoms with Crippen LogP contribution < -0.4 is 4.74 Å². The van der Waals surface area contributed by atoms with Crippen LogP contribution in [-0.4, -0.2) is 60.8 Å². The van der Waals surface area contributed by atoms with Crippen LogP contribution in [0.3, 0.4) is 0 Å². The molecule has 8 heteroatoms. The number of carbonyl (C=O) groups excluding carboxylic acids is 1. The summed E-state index contributed by atoms with van der Waals surface area (Å²) in [5.74, 6) is 0.439. The largest absolute Gasteiger partial charge is 0.488 e. The average molecular weight is 389 g/mol. The fourth-order valence-electron chi connectivity index (χ4n) is 3.62. The van der Waals surface area contributed by atoms with Crippen molar-refractivity contribution in [2.45, 2.75) is 18.6 Å². The van der Waals surface area contributed by atoms with Crippen LogP contribution >= 0.6 is 0 Å². The maximum Gasteiger partial charge on any atom is 0.274 e. The van der Waals surface area contributed by atoms with Crippen LogP contribution in [0.25, 0.3) is 16.6 Å². The van der Waals surface area contributed by atoms with E-state index in [0.717, 1.165) is 10.9 Å².